The normalized spacial score (nSPS) is 18.5. The number of ether oxygens (including phenoxy) is 2. The van der Waals surface area contributed by atoms with E-state index in [1.54, 1.807) is 0 Å². The summed E-state index contributed by atoms with van der Waals surface area (Å²) in [6.07, 6.45) is 3.45. The molecule has 3 aliphatic heterocycles. The van der Waals surface area contributed by atoms with Gasteiger partial charge in [0.2, 0.25) is 5.95 Å². The van der Waals surface area contributed by atoms with Gasteiger partial charge in [-0.1, -0.05) is 37.3 Å². The first-order valence-corrected chi connectivity index (χ1v) is 13.9. The van der Waals surface area contributed by atoms with Crippen molar-refractivity contribution in [1.82, 2.24) is 15.3 Å². The smallest absolute Gasteiger partial charge is 0.232 e. The van der Waals surface area contributed by atoms with Crippen LogP contribution in [-0.2, 0) is 19.5 Å². The van der Waals surface area contributed by atoms with Gasteiger partial charge in [-0.25, -0.2) is 0 Å². The predicted octanol–water partition coefficient (Wildman–Crippen LogP) is 4.53. The number of nitrogens with one attached hydrogen (secondary N) is 2. The maximum atomic E-state index is 5.71. The Morgan fingerprint density at radius 3 is 2.61 bits per heavy atom. The Labute approximate surface area is 229 Å². The zero-order valence-electron chi connectivity index (χ0n) is 21.8. The van der Waals surface area contributed by atoms with Gasteiger partial charge in [-0.2, -0.15) is 9.97 Å². The lowest BCUT2D eigenvalue weighted by Gasteiger charge is -2.34. The van der Waals surface area contributed by atoms with Crippen LogP contribution in [0, 0.1) is 5.92 Å². The molecule has 9 heteroatoms. The van der Waals surface area contributed by atoms with Gasteiger partial charge in [0.05, 0.1) is 0 Å². The van der Waals surface area contributed by atoms with E-state index >= 15 is 0 Å². The van der Waals surface area contributed by atoms with Gasteiger partial charge in [-0.05, 0) is 66.2 Å². The molecule has 3 aromatic rings. The summed E-state index contributed by atoms with van der Waals surface area (Å²) in [6, 6.07) is 16.8. The van der Waals surface area contributed by atoms with Crippen LogP contribution in [0.25, 0.3) is 0 Å². The van der Waals surface area contributed by atoms with E-state index in [0.717, 1.165) is 61.3 Å². The Bertz CT molecular complexity index is 1320. The minimum absolute atomic E-state index is 0.485. The topological polar surface area (TPSA) is 74.8 Å². The first-order valence-electron chi connectivity index (χ1n) is 13.5. The van der Waals surface area contributed by atoms with Gasteiger partial charge in [0.15, 0.2) is 16.6 Å². The number of benzene rings is 2. The minimum atomic E-state index is 0.485. The SMILES string of the molecule is CC1CCCN(c2cc(N3CCc4ccccc4C3)nc(NC(=S)NCc3ccc4c(c3)OCCO4)n2)C1. The zero-order chi connectivity index (χ0) is 25.9. The van der Waals surface area contributed by atoms with Gasteiger partial charge in [-0.15, -0.1) is 0 Å². The molecule has 0 radical (unpaired) electrons. The van der Waals surface area contributed by atoms with Crippen LogP contribution < -0.4 is 29.9 Å². The summed E-state index contributed by atoms with van der Waals surface area (Å²) in [5.41, 5.74) is 3.84. The third-order valence-corrected chi connectivity index (χ3v) is 7.67. The second-order valence-corrected chi connectivity index (χ2v) is 10.7. The predicted molar refractivity (Wildman–Crippen MR) is 154 cm³/mol. The van der Waals surface area contributed by atoms with Gasteiger partial charge < -0.3 is 29.9 Å². The molecule has 1 aromatic heterocycles. The van der Waals surface area contributed by atoms with Crippen molar-refractivity contribution in [3.05, 3.63) is 65.2 Å². The first-order chi connectivity index (χ1) is 18.6. The molecule has 0 amide bonds. The molecule has 0 saturated carbocycles. The maximum Gasteiger partial charge on any atom is 0.232 e. The van der Waals surface area contributed by atoms with E-state index < -0.39 is 0 Å². The number of nitrogens with zero attached hydrogens (tertiary/aromatic N) is 4. The fourth-order valence-electron chi connectivity index (χ4n) is 5.42. The van der Waals surface area contributed by atoms with Crippen molar-refractivity contribution in [2.45, 2.75) is 39.3 Å². The average molecular weight is 531 g/mol. The first kappa shape index (κ1) is 24.7. The van der Waals surface area contributed by atoms with Crippen molar-refractivity contribution in [2.24, 2.45) is 5.92 Å². The molecule has 6 rings (SSSR count). The summed E-state index contributed by atoms with van der Waals surface area (Å²) >= 11 is 5.64. The lowest BCUT2D eigenvalue weighted by molar-refractivity contribution is 0.171. The molecule has 1 atom stereocenters. The van der Waals surface area contributed by atoms with Gasteiger partial charge in [0.1, 0.15) is 24.8 Å². The number of anilines is 3. The third kappa shape index (κ3) is 5.62. The molecular weight excluding hydrogens is 496 g/mol. The van der Waals surface area contributed by atoms with Crippen LogP contribution >= 0.6 is 12.2 Å². The second kappa shape index (κ2) is 11.0. The number of hydrogen-bond donors (Lipinski definition) is 2. The van der Waals surface area contributed by atoms with Crippen LogP contribution in [0.2, 0.25) is 0 Å². The summed E-state index contributed by atoms with van der Waals surface area (Å²) in [7, 11) is 0. The van der Waals surface area contributed by atoms with Crippen LogP contribution in [0.4, 0.5) is 17.6 Å². The molecule has 8 nitrogen and oxygen atoms in total. The molecule has 1 unspecified atom stereocenters. The summed E-state index contributed by atoms with van der Waals surface area (Å²) in [4.78, 5) is 14.5. The molecule has 1 fully saturated rings. The number of aromatic nitrogens is 2. The molecular formula is C29H34N6O2S. The van der Waals surface area contributed by atoms with Crippen LogP contribution in [-0.4, -0.2) is 47.9 Å². The third-order valence-electron chi connectivity index (χ3n) is 7.42. The molecule has 4 heterocycles. The van der Waals surface area contributed by atoms with Crippen LogP contribution in [0.5, 0.6) is 11.5 Å². The highest BCUT2D eigenvalue weighted by Gasteiger charge is 2.23. The zero-order valence-corrected chi connectivity index (χ0v) is 22.6. The molecule has 2 aromatic carbocycles. The molecule has 38 heavy (non-hydrogen) atoms. The lowest BCUT2D eigenvalue weighted by Crippen LogP contribution is -2.36. The van der Waals surface area contributed by atoms with Gasteiger partial charge >= 0.3 is 0 Å². The number of fused-ring (bicyclic) bond motifs is 2. The van der Waals surface area contributed by atoms with Crippen LogP contribution in [0.15, 0.2) is 48.5 Å². The van der Waals surface area contributed by atoms with Crippen LogP contribution in [0.3, 0.4) is 0 Å². The Hall–Kier alpha value is -3.59. The Kier molecular flexibility index (Phi) is 7.18. The van der Waals surface area contributed by atoms with Crippen molar-refractivity contribution in [2.75, 3.05) is 48.0 Å². The van der Waals surface area contributed by atoms with E-state index in [1.807, 2.05) is 18.2 Å². The minimum Gasteiger partial charge on any atom is -0.486 e. The number of thiocarbonyl (C=S) groups is 1. The molecule has 1 saturated heterocycles. The fourth-order valence-corrected chi connectivity index (χ4v) is 5.58. The van der Waals surface area contributed by atoms with Crippen LogP contribution in [0.1, 0.15) is 36.5 Å². The highest BCUT2D eigenvalue weighted by Crippen LogP contribution is 2.31. The summed E-state index contributed by atoms with van der Waals surface area (Å²) in [5.74, 6) is 4.61. The summed E-state index contributed by atoms with van der Waals surface area (Å²) in [6.45, 7) is 7.80. The van der Waals surface area contributed by atoms with Crippen molar-refractivity contribution >= 4 is 34.9 Å². The van der Waals surface area contributed by atoms with Crippen molar-refractivity contribution < 1.29 is 9.47 Å². The van der Waals surface area contributed by atoms with E-state index in [4.69, 9.17) is 31.7 Å². The largest absolute Gasteiger partial charge is 0.486 e. The number of hydrogen-bond acceptors (Lipinski definition) is 7. The standard InChI is InChI=1S/C29H34N6O2S/c1-20-5-4-11-34(18-20)26-16-27(35-12-10-22-6-2-3-7-23(22)19-35)32-28(31-26)33-29(38)30-17-21-8-9-24-25(15-21)37-14-13-36-24/h2-3,6-9,15-16,20H,4-5,10-14,17-19H2,1H3,(H2,30,31,32,33,38). The summed E-state index contributed by atoms with van der Waals surface area (Å²) in [5, 5.41) is 7.03. The molecule has 0 aliphatic carbocycles. The lowest BCUT2D eigenvalue weighted by atomic mass is 10.00. The van der Waals surface area contributed by atoms with Gasteiger partial charge in [0, 0.05) is 38.8 Å². The molecule has 0 spiro atoms. The Morgan fingerprint density at radius 1 is 0.974 bits per heavy atom. The summed E-state index contributed by atoms with van der Waals surface area (Å²) < 4.78 is 11.3. The monoisotopic (exact) mass is 530 g/mol. The van der Waals surface area contributed by atoms with Crippen molar-refractivity contribution in [3.8, 4) is 11.5 Å². The maximum absolute atomic E-state index is 5.71. The van der Waals surface area contributed by atoms with Crippen molar-refractivity contribution in [1.29, 1.82) is 0 Å². The van der Waals surface area contributed by atoms with Crippen molar-refractivity contribution in [3.63, 3.8) is 0 Å². The van der Waals surface area contributed by atoms with Gasteiger partial charge in [-0.3, -0.25) is 0 Å². The highest BCUT2D eigenvalue weighted by molar-refractivity contribution is 7.80. The highest BCUT2D eigenvalue weighted by atomic mass is 32.1. The number of rotatable bonds is 5. The Balaban J connectivity index is 1.19. The van der Waals surface area contributed by atoms with E-state index in [2.05, 4.69) is 57.7 Å². The van der Waals surface area contributed by atoms with E-state index in [0.29, 0.717) is 36.7 Å². The molecule has 0 bridgehead atoms. The van der Waals surface area contributed by atoms with Gasteiger partial charge in [0.25, 0.3) is 0 Å². The number of piperidine rings is 1. The fraction of sp³-hybridized carbons (Fsp3) is 0.414. The average Bonchev–Trinajstić information content (AvgIpc) is 2.95. The Morgan fingerprint density at radius 2 is 1.76 bits per heavy atom. The second-order valence-electron chi connectivity index (χ2n) is 10.3. The van der Waals surface area contributed by atoms with E-state index in [9.17, 15) is 0 Å². The molecule has 2 N–H and O–H groups in total. The molecule has 3 aliphatic rings. The van der Waals surface area contributed by atoms with E-state index in [1.165, 1.54) is 24.0 Å². The quantitative estimate of drug-likeness (QED) is 0.463. The van der Waals surface area contributed by atoms with E-state index in [-0.39, 0.29) is 0 Å². The molecule has 198 valence electrons.